The molecule has 0 spiro atoms. The molecule has 1 aliphatic heterocycles. The van der Waals surface area contributed by atoms with Crippen molar-refractivity contribution < 1.29 is 28.2 Å². The van der Waals surface area contributed by atoms with Crippen molar-refractivity contribution in [1.82, 2.24) is 25.0 Å². The first-order valence-corrected chi connectivity index (χ1v) is 11.4. The third kappa shape index (κ3) is 5.10. The molecular formula is C25H24FN7O5. The standard InChI is InChI=1S/C25H24FN7O5/c1-13-17-8-15(26)5-6-16(17)24(35)32(2)12-18-22(19(9-27)33(3)31-18)14-7-20(38-13)23(28-10-14)30-21(34)11-29-25(36)37-4/h5-8,10,13H,11-12H2,1-4H3,(H,29,36)(H,28,30,34). The van der Waals surface area contributed by atoms with Crippen LogP contribution in [0.3, 0.4) is 0 Å². The summed E-state index contributed by atoms with van der Waals surface area (Å²) in [6.07, 6.45) is -0.199. The Hall–Kier alpha value is -4.99. The third-order valence-electron chi connectivity index (χ3n) is 5.92. The van der Waals surface area contributed by atoms with Gasteiger partial charge in [-0.2, -0.15) is 10.4 Å². The molecule has 0 fully saturated rings. The van der Waals surface area contributed by atoms with Crippen molar-refractivity contribution in [1.29, 1.82) is 5.26 Å². The number of alkyl carbamates (subject to hydrolysis) is 1. The number of aromatic nitrogens is 3. The molecule has 12 nitrogen and oxygen atoms in total. The van der Waals surface area contributed by atoms with Crippen LogP contribution in [0.4, 0.5) is 15.0 Å². The van der Waals surface area contributed by atoms with Crippen molar-refractivity contribution in [2.45, 2.75) is 19.6 Å². The summed E-state index contributed by atoms with van der Waals surface area (Å²) in [5.74, 6) is -1.45. The van der Waals surface area contributed by atoms with Crippen molar-refractivity contribution in [2.75, 3.05) is 26.0 Å². The summed E-state index contributed by atoms with van der Waals surface area (Å²) >= 11 is 0. The molecule has 0 saturated carbocycles. The molecule has 4 rings (SSSR count). The number of carbonyl (C=O) groups is 3. The highest BCUT2D eigenvalue weighted by atomic mass is 19.1. The van der Waals surface area contributed by atoms with Gasteiger partial charge in [-0.15, -0.1) is 0 Å². The number of rotatable bonds is 3. The predicted molar refractivity (Wildman–Crippen MR) is 131 cm³/mol. The normalized spacial score (nSPS) is 14.6. The van der Waals surface area contributed by atoms with E-state index in [1.54, 1.807) is 27.1 Å². The quantitative estimate of drug-likeness (QED) is 0.534. The van der Waals surface area contributed by atoms with Gasteiger partial charge in [0.25, 0.3) is 5.91 Å². The number of ether oxygens (including phenoxy) is 2. The van der Waals surface area contributed by atoms with Crippen LogP contribution in [0.2, 0.25) is 0 Å². The fourth-order valence-corrected chi connectivity index (χ4v) is 4.11. The SMILES string of the molecule is COC(=O)NCC(=O)Nc1ncc2cc1OC(C)c1cc(F)ccc1C(=O)N(C)Cc1nn(C)c(C#N)c1-2. The number of aryl methyl sites for hydroxylation is 1. The number of hydrogen-bond acceptors (Lipinski definition) is 8. The lowest BCUT2D eigenvalue weighted by molar-refractivity contribution is -0.115. The van der Waals surface area contributed by atoms with E-state index in [-0.39, 0.29) is 34.9 Å². The smallest absolute Gasteiger partial charge is 0.407 e. The number of anilines is 1. The molecule has 1 aliphatic rings. The number of nitrogens with zero attached hydrogens (tertiary/aromatic N) is 5. The number of benzene rings is 1. The van der Waals surface area contributed by atoms with Crippen LogP contribution in [-0.4, -0.2) is 58.3 Å². The molecule has 0 radical (unpaired) electrons. The maximum absolute atomic E-state index is 14.2. The zero-order valence-corrected chi connectivity index (χ0v) is 21.0. The van der Waals surface area contributed by atoms with Crippen molar-refractivity contribution in [3.63, 3.8) is 0 Å². The van der Waals surface area contributed by atoms with E-state index in [1.807, 2.05) is 0 Å². The summed E-state index contributed by atoms with van der Waals surface area (Å²) in [6, 6.07) is 7.49. The van der Waals surface area contributed by atoms with Gasteiger partial charge in [0.2, 0.25) is 5.91 Å². The van der Waals surface area contributed by atoms with Gasteiger partial charge in [-0.05, 0) is 31.2 Å². The Kier molecular flexibility index (Phi) is 7.24. The number of fused-ring (bicyclic) bond motifs is 5. The summed E-state index contributed by atoms with van der Waals surface area (Å²) in [4.78, 5) is 42.9. The average Bonchev–Trinajstić information content (AvgIpc) is 3.21. The van der Waals surface area contributed by atoms with E-state index in [4.69, 9.17) is 4.74 Å². The van der Waals surface area contributed by atoms with Gasteiger partial charge in [0, 0.05) is 42.5 Å². The van der Waals surface area contributed by atoms with Gasteiger partial charge >= 0.3 is 6.09 Å². The minimum absolute atomic E-state index is 0.0136. The van der Waals surface area contributed by atoms with Crippen LogP contribution in [0.5, 0.6) is 5.75 Å². The van der Waals surface area contributed by atoms with Crippen LogP contribution >= 0.6 is 0 Å². The van der Waals surface area contributed by atoms with Crippen molar-refractivity contribution in [2.24, 2.45) is 7.05 Å². The highest BCUT2D eigenvalue weighted by Gasteiger charge is 2.27. The highest BCUT2D eigenvalue weighted by molar-refractivity contribution is 5.96. The summed E-state index contributed by atoms with van der Waals surface area (Å²) in [7, 11) is 4.36. The molecule has 2 N–H and O–H groups in total. The van der Waals surface area contributed by atoms with E-state index < -0.39 is 36.4 Å². The highest BCUT2D eigenvalue weighted by Crippen LogP contribution is 2.36. The Morgan fingerprint density at radius 3 is 2.79 bits per heavy atom. The van der Waals surface area contributed by atoms with Crippen molar-refractivity contribution in [3.8, 4) is 22.9 Å². The van der Waals surface area contributed by atoms with E-state index in [1.165, 1.54) is 41.1 Å². The minimum atomic E-state index is -0.845. The largest absolute Gasteiger partial charge is 0.482 e. The molecule has 0 saturated heterocycles. The molecule has 3 aromatic rings. The first kappa shape index (κ1) is 26.1. The van der Waals surface area contributed by atoms with Gasteiger partial charge in [0.1, 0.15) is 30.2 Å². The number of carbonyl (C=O) groups excluding carboxylic acids is 3. The summed E-state index contributed by atoms with van der Waals surface area (Å²) < 4.78 is 26.2. The second kappa shape index (κ2) is 10.6. The molecule has 196 valence electrons. The summed E-state index contributed by atoms with van der Waals surface area (Å²) in [6.45, 7) is 1.29. The van der Waals surface area contributed by atoms with Crippen LogP contribution in [0.15, 0.2) is 30.5 Å². The monoisotopic (exact) mass is 521 g/mol. The Morgan fingerprint density at radius 2 is 2.08 bits per heavy atom. The number of nitrogens with one attached hydrogen (secondary N) is 2. The maximum Gasteiger partial charge on any atom is 0.407 e. The number of pyridine rings is 1. The van der Waals surface area contributed by atoms with Crippen LogP contribution in [-0.2, 0) is 23.1 Å². The third-order valence-corrected chi connectivity index (χ3v) is 5.92. The topological polar surface area (TPSA) is 151 Å². The van der Waals surface area contributed by atoms with Gasteiger partial charge in [0.05, 0.1) is 19.3 Å². The minimum Gasteiger partial charge on any atom is -0.482 e. The predicted octanol–water partition coefficient (Wildman–Crippen LogP) is 2.51. The second-order valence-corrected chi connectivity index (χ2v) is 8.52. The molecular weight excluding hydrogens is 497 g/mol. The molecule has 0 aliphatic carbocycles. The fourth-order valence-electron chi connectivity index (χ4n) is 4.11. The second-order valence-electron chi connectivity index (χ2n) is 8.52. The van der Waals surface area contributed by atoms with Crippen LogP contribution in [0.25, 0.3) is 11.1 Å². The first-order valence-electron chi connectivity index (χ1n) is 11.4. The Bertz CT molecular complexity index is 1480. The Labute approximate surface area is 217 Å². The van der Waals surface area contributed by atoms with Gasteiger partial charge in [-0.25, -0.2) is 14.2 Å². The van der Waals surface area contributed by atoms with E-state index in [2.05, 4.69) is 31.5 Å². The molecule has 1 aromatic carbocycles. The van der Waals surface area contributed by atoms with E-state index in [0.29, 0.717) is 16.8 Å². The molecule has 13 heteroatoms. The van der Waals surface area contributed by atoms with E-state index in [9.17, 15) is 24.0 Å². The number of hydrogen-bond donors (Lipinski definition) is 2. The Balaban J connectivity index is 1.86. The van der Waals surface area contributed by atoms with Gasteiger partial charge in [0.15, 0.2) is 11.6 Å². The average molecular weight is 522 g/mol. The van der Waals surface area contributed by atoms with Crippen LogP contribution < -0.4 is 15.4 Å². The van der Waals surface area contributed by atoms with Gasteiger partial charge < -0.3 is 25.0 Å². The molecule has 2 bridgehead atoms. The summed E-state index contributed by atoms with van der Waals surface area (Å²) in [5, 5.41) is 19.1. The van der Waals surface area contributed by atoms with Crippen molar-refractivity contribution >= 4 is 23.7 Å². The lowest BCUT2D eigenvalue weighted by atomic mass is 10.00. The molecule has 3 amide bonds. The lowest BCUT2D eigenvalue weighted by Crippen LogP contribution is -2.33. The van der Waals surface area contributed by atoms with Gasteiger partial charge in [-0.3, -0.25) is 14.3 Å². The molecule has 1 unspecified atom stereocenters. The fraction of sp³-hybridized carbons (Fsp3) is 0.280. The van der Waals surface area contributed by atoms with E-state index >= 15 is 0 Å². The molecule has 38 heavy (non-hydrogen) atoms. The number of amides is 3. The molecule has 2 aromatic heterocycles. The van der Waals surface area contributed by atoms with Crippen LogP contribution in [0, 0.1) is 17.1 Å². The molecule has 1 atom stereocenters. The zero-order chi connectivity index (χ0) is 27.6. The first-order chi connectivity index (χ1) is 18.1. The van der Waals surface area contributed by atoms with Crippen LogP contribution in [0.1, 0.15) is 40.3 Å². The molecule has 3 heterocycles. The zero-order valence-electron chi connectivity index (χ0n) is 21.0. The Morgan fingerprint density at radius 1 is 1.32 bits per heavy atom. The number of methoxy groups -OCH3 is 1. The lowest BCUT2D eigenvalue weighted by Gasteiger charge is -2.24. The number of nitriles is 1. The summed E-state index contributed by atoms with van der Waals surface area (Å²) in [5.41, 5.74) is 2.08. The maximum atomic E-state index is 14.2. The number of halogens is 1. The van der Waals surface area contributed by atoms with Crippen molar-refractivity contribution in [3.05, 3.63) is 58.8 Å². The van der Waals surface area contributed by atoms with Gasteiger partial charge in [-0.1, -0.05) is 0 Å². The van der Waals surface area contributed by atoms with E-state index in [0.717, 1.165) is 0 Å².